The lowest BCUT2D eigenvalue weighted by Gasteiger charge is -2.38. The summed E-state index contributed by atoms with van der Waals surface area (Å²) in [6, 6.07) is 27.7. The summed E-state index contributed by atoms with van der Waals surface area (Å²) in [7, 11) is -12.2. The van der Waals surface area contributed by atoms with Crippen molar-refractivity contribution in [2.75, 3.05) is 0 Å². The summed E-state index contributed by atoms with van der Waals surface area (Å²) in [5.41, 5.74) is 0.827. The van der Waals surface area contributed by atoms with Gasteiger partial charge in [0.15, 0.2) is 0 Å². The van der Waals surface area contributed by atoms with Gasteiger partial charge in [-0.1, -0.05) is 91.0 Å². The minimum absolute atomic E-state index is 0.705. The van der Waals surface area contributed by atoms with Crippen molar-refractivity contribution in [3.8, 4) is 0 Å². The van der Waals surface area contributed by atoms with Crippen LogP contribution >= 0.6 is 0 Å². The average Bonchev–Trinajstić information content (AvgIpc) is 2.78. The summed E-state index contributed by atoms with van der Waals surface area (Å²) in [4.78, 5) is 0. The smallest absolute Gasteiger partial charge is 0.400 e. The summed E-state index contributed by atoms with van der Waals surface area (Å²) in [5.74, 6) is 0. The molecule has 0 spiro atoms. The fourth-order valence-corrected chi connectivity index (χ4v) is 2.86. The highest BCUT2D eigenvalue weighted by molar-refractivity contribution is 6.31. The van der Waals surface area contributed by atoms with Crippen LogP contribution in [-0.4, -0.2) is 29.6 Å². The third-order valence-electron chi connectivity index (χ3n) is 3.81. The first-order chi connectivity index (χ1) is 16.4. The third kappa shape index (κ3) is 13.7. The molecule has 0 saturated carbocycles. The van der Waals surface area contributed by atoms with Gasteiger partial charge in [0.2, 0.25) is 0 Å². The van der Waals surface area contributed by atoms with Crippen LogP contribution in [0.2, 0.25) is 0 Å². The van der Waals surface area contributed by atoms with E-state index in [2.05, 4.69) is 0 Å². The zero-order valence-corrected chi connectivity index (χ0v) is 17.7. The van der Waals surface area contributed by atoms with E-state index in [-0.39, 0.29) is 0 Å². The highest BCUT2D eigenvalue weighted by Crippen LogP contribution is 2.40. The zero-order valence-electron chi connectivity index (χ0n) is 17.7. The van der Waals surface area contributed by atoms with Gasteiger partial charge in [-0.3, -0.25) is 0 Å². The molecular weight excluding hydrogens is 475 g/mol. The number of rotatable bonds is 5. The first-order valence-corrected chi connectivity index (χ1v) is 9.44. The SMILES string of the molecule is [O-]B(F)OC(c1ccccc1)(c1ccccc1)c1ccccc1.[O-]B([O-])F.[O-]B([O-])F.[O-]B([O-])F. The van der Waals surface area contributed by atoms with Gasteiger partial charge in [0.1, 0.15) is 27.8 Å². The summed E-state index contributed by atoms with van der Waals surface area (Å²) >= 11 is 0. The molecule has 0 unspecified atom stereocenters. The molecule has 3 aromatic rings. The maximum atomic E-state index is 13.5. The predicted octanol–water partition coefficient (Wildman–Crippen LogP) is -3.71. The molecule has 0 heterocycles. The molecule has 0 atom stereocenters. The van der Waals surface area contributed by atoms with Crippen molar-refractivity contribution in [1.29, 1.82) is 0 Å². The highest BCUT2D eigenvalue weighted by atomic mass is 19.1. The van der Waals surface area contributed by atoms with E-state index >= 15 is 0 Å². The Morgan fingerprint density at radius 1 is 0.457 bits per heavy atom. The Bertz CT molecular complexity index is 782. The summed E-state index contributed by atoms with van der Waals surface area (Å²) in [6.45, 7) is 0. The van der Waals surface area contributed by atoms with E-state index < -0.39 is 35.2 Å². The molecule has 0 aliphatic rings. The zero-order chi connectivity index (χ0) is 26.9. The molecule has 0 radical (unpaired) electrons. The Morgan fingerprint density at radius 3 is 0.829 bits per heavy atom. The van der Waals surface area contributed by atoms with Gasteiger partial charge in [0.25, 0.3) is 0 Å². The standard InChI is InChI=1S/C19H15BFO2.3BFO2/c21-20(22)23-19(16-10-4-1-5-11-16,17-12-6-2-7-13-17)18-14-8-3-9-15-18;3*2-1(3)4/h1-15H;;;/q-1;3*-2. The maximum Gasteiger partial charge on any atom is 0.400 e. The molecule has 186 valence electrons. The lowest BCUT2D eigenvalue weighted by Crippen LogP contribution is -2.43. The molecule has 3 aromatic carbocycles. The first kappa shape index (κ1) is 32.3. The van der Waals surface area contributed by atoms with Crippen LogP contribution in [0.3, 0.4) is 0 Å². The second-order valence-electron chi connectivity index (χ2n) is 5.99. The Labute approximate surface area is 200 Å². The molecule has 0 fully saturated rings. The average molecular weight is 491 g/mol. The van der Waals surface area contributed by atoms with Crippen molar-refractivity contribution in [2.24, 2.45) is 0 Å². The van der Waals surface area contributed by atoms with Crippen LogP contribution in [0, 0.1) is 0 Å². The van der Waals surface area contributed by atoms with Crippen molar-refractivity contribution in [2.45, 2.75) is 5.60 Å². The second kappa shape index (κ2) is 17.7. The van der Waals surface area contributed by atoms with E-state index in [1.54, 1.807) is 0 Å². The highest BCUT2D eigenvalue weighted by Gasteiger charge is 2.38. The quantitative estimate of drug-likeness (QED) is 0.200. The molecule has 0 aromatic heterocycles. The number of halogens is 4. The molecule has 0 aliphatic heterocycles. The molecule has 0 saturated heterocycles. The van der Waals surface area contributed by atoms with Crippen LogP contribution in [0.25, 0.3) is 0 Å². The lowest BCUT2D eigenvalue weighted by molar-refractivity contribution is -0.368. The lowest BCUT2D eigenvalue weighted by atomic mass is 9.79. The topological polar surface area (TPSA) is 171 Å². The van der Waals surface area contributed by atoms with Crippen molar-refractivity contribution < 1.29 is 57.1 Å². The third-order valence-corrected chi connectivity index (χ3v) is 3.81. The molecule has 0 bridgehead atoms. The van der Waals surface area contributed by atoms with E-state index in [0.29, 0.717) is 16.7 Å². The van der Waals surface area contributed by atoms with Gasteiger partial charge in [-0.15, -0.1) is 0 Å². The minimum Gasteiger partial charge on any atom is -0.867 e. The summed E-state index contributed by atoms with van der Waals surface area (Å²) in [5, 5.41) is 61.2. The molecule has 0 aliphatic carbocycles. The van der Waals surface area contributed by atoms with Gasteiger partial charge in [-0.25, -0.2) is 0 Å². The van der Waals surface area contributed by atoms with Crippen LogP contribution in [0.4, 0.5) is 17.3 Å². The predicted molar refractivity (Wildman–Crippen MR) is 108 cm³/mol. The summed E-state index contributed by atoms with van der Waals surface area (Å²) < 4.78 is 48.5. The fraction of sp³-hybridized carbons (Fsp3) is 0.0526. The van der Waals surface area contributed by atoms with E-state index in [0.717, 1.165) is 0 Å². The Kier molecular flexibility index (Phi) is 16.4. The number of hydrogen-bond acceptors (Lipinski definition) is 8. The minimum atomic E-state index is -3.17. The normalized spacial score (nSPS) is 9.69. The molecule has 0 N–H and O–H groups in total. The van der Waals surface area contributed by atoms with E-state index in [1.807, 2.05) is 91.0 Å². The second-order valence-corrected chi connectivity index (χ2v) is 5.99. The molecular formula is C19H15B4F4O8-7. The molecule has 3 rings (SSSR count). The maximum absolute atomic E-state index is 13.5. The van der Waals surface area contributed by atoms with Crippen molar-refractivity contribution >= 4 is 29.6 Å². The van der Waals surface area contributed by atoms with Crippen molar-refractivity contribution in [3.05, 3.63) is 108 Å². The molecule has 0 amide bonds. The van der Waals surface area contributed by atoms with Crippen LogP contribution in [-0.2, 0) is 10.3 Å². The Morgan fingerprint density at radius 2 is 0.657 bits per heavy atom. The van der Waals surface area contributed by atoms with Gasteiger partial charge in [0, 0.05) is 0 Å². The monoisotopic (exact) mass is 491 g/mol. The first-order valence-electron chi connectivity index (χ1n) is 9.44. The van der Waals surface area contributed by atoms with Gasteiger partial charge < -0.3 is 57.1 Å². The van der Waals surface area contributed by atoms with E-state index in [4.69, 9.17) is 34.8 Å². The van der Waals surface area contributed by atoms with Crippen LogP contribution in [0.1, 0.15) is 16.7 Å². The Hall–Kier alpha value is -2.68. The molecule has 35 heavy (non-hydrogen) atoms. The fourth-order valence-electron chi connectivity index (χ4n) is 2.86. The van der Waals surface area contributed by atoms with E-state index in [9.17, 15) is 22.3 Å². The van der Waals surface area contributed by atoms with Crippen molar-refractivity contribution in [3.63, 3.8) is 0 Å². The molecule has 16 heteroatoms. The van der Waals surface area contributed by atoms with Gasteiger partial charge in [0.05, 0.1) is 0 Å². The summed E-state index contributed by atoms with van der Waals surface area (Å²) in [6.07, 6.45) is 0. The van der Waals surface area contributed by atoms with Crippen LogP contribution in [0.15, 0.2) is 91.0 Å². The van der Waals surface area contributed by atoms with E-state index in [1.165, 1.54) is 0 Å². The molecule has 8 nitrogen and oxygen atoms in total. The Balaban J connectivity index is 0.000000807. The number of benzene rings is 3. The van der Waals surface area contributed by atoms with Gasteiger partial charge >= 0.3 is 7.40 Å². The van der Waals surface area contributed by atoms with Crippen LogP contribution < -0.4 is 35.2 Å². The largest absolute Gasteiger partial charge is 0.867 e. The van der Waals surface area contributed by atoms with Crippen molar-refractivity contribution in [1.82, 2.24) is 0 Å². The number of hydrogen-bond donors (Lipinski definition) is 0. The van der Waals surface area contributed by atoms with Gasteiger partial charge in [-0.05, 0) is 16.7 Å². The van der Waals surface area contributed by atoms with Gasteiger partial charge in [-0.2, -0.15) is 0 Å². The van der Waals surface area contributed by atoms with Crippen LogP contribution in [0.5, 0.6) is 0 Å².